The van der Waals surface area contributed by atoms with Gasteiger partial charge in [0.2, 0.25) is 17.6 Å². The second kappa shape index (κ2) is 12.0. The van der Waals surface area contributed by atoms with E-state index in [4.69, 9.17) is 4.52 Å². The normalized spacial score (nSPS) is 17.4. The number of nitrogens with one attached hydrogen (secondary N) is 2. The van der Waals surface area contributed by atoms with Crippen molar-refractivity contribution in [2.75, 3.05) is 18.4 Å². The van der Waals surface area contributed by atoms with Crippen LogP contribution in [0.2, 0.25) is 0 Å². The second-order valence-electron chi connectivity index (χ2n) is 9.91. The van der Waals surface area contributed by atoms with Gasteiger partial charge >= 0.3 is 0 Å². The van der Waals surface area contributed by atoms with Crippen molar-refractivity contribution < 1.29 is 14.1 Å². The maximum Gasteiger partial charge on any atom is 0.253 e. The molecule has 0 unspecified atom stereocenters. The summed E-state index contributed by atoms with van der Waals surface area (Å²) in [5.74, 6) is 0.890. The van der Waals surface area contributed by atoms with Crippen molar-refractivity contribution in [3.8, 4) is 11.4 Å². The molecule has 37 heavy (non-hydrogen) atoms. The third-order valence-corrected chi connectivity index (χ3v) is 7.79. The largest absolute Gasteiger partial charge is 0.349 e. The van der Waals surface area contributed by atoms with Gasteiger partial charge in [0.05, 0.1) is 17.8 Å². The van der Waals surface area contributed by atoms with E-state index in [2.05, 4.69) is 41.6 Å². The summed E-state index contributed by atoms with van der Waals surface area (Å²) in [6.07, 6.45) is 7.05. The number of carbonyl (C=O) groups excluding carboxylic acids is 2. The Labute approximate surface area is 225 Å². The lowest BCUT2D eigenvalue weighted by Crippen LogP contribution is -2.38. The molecule has 9 heteroatoms. The fraction of sp³-hybridized carbons (Fsp3) is 0.429. The van der Waals surface area contributed by atoms with Gasteiger partial charge in [-0.15, -0.1) is 0 Å². The van der Waals surface area contributed by atoms with E-state index in [0.717, 1.165) is 61.7 Å². The number of piperidine rings is 1. The van der Waals surface area contributed by atoms with E-state index in [1.807, 2.05) is 36.4 Å². The molecular weight excluding hydrogens is 534 g/mol. The van der Waals surface area contributed by atoms with Crippen LogP contribution in [0.5, 0.6) is 0 Å². The maximum atomic E-state index is 13.1. The van der Waals surface area contributed by atoms with Crippen LogP contribution in [-0.2, 0) is 11.3 Å². The number of likely N-dealkylation sites (tertiary alicyclic amines) is 1. The summed E-state index contributed by atoms with van der Waals surface area (Å²) in [7, 11) is 0. The molecule has 0 atom stereocenters. The monoisotopic (exact) mass is 565 g/mol. The van der Waals surface area contributed by atoms with E-state index < -0.39 is 0 Å². The van der Waals surface area contributed by atoms with Gasteiger partial charge in [-0.05, 0) is 75.2 Å². The Bertz CT molecular complexity index is 1210. The van der Waals surface area contributed by atoms with Crippen LogP contribution in [0, 0.1) is 5.92 Å². The summed E-state index contributed by atoms with van der Waals surface area (Å²) < 4.78 is 6.46. The van der Waals surface area contributed by atoms with Gasteiger partial charge in [-0.25, -0.2) is 0 Å². The molecule has 0 radical (unpaired) electrons. The number of hydrogen-bond donors (Lipinski definition) is 2. The maximum absolute atomic E-state index is 13.1. The predicted octanol–water partition coefficient (Wildman–Crippen LogP) is 5.41. The topological polar surface area (TPSA) is 100 Å². The quantitative estimate of drug-likeness (QED) is 0.397. The SMILES string of the molecule is O=C(NC1CCCCC1)c1ccccc1NC(=O)C1CCN(Cc2nc(-c3ccc(Br)cc3)no2)CC1. The number of halogens is 1. The first-order valence-corrected chi connectivity index (χ1v) is 13.9. The van der Waals surface area contributed by atoms with Crippen LogP contribution in [0.15, 0.2) is 57.5 Å². The molecular formula is C28H32BrN5O3. The number of hydrogen-bond acceptors (Lipinski definition) is 6. The number of aromatic nitrogens is 2. The van der Waals surface area contributed by atoms with Crippen LogP contribution in [0.3, 0.4) is 0 Å². The van der Waals surface area contributed by atoms with Crippen LogP contribution in [0.1, 0.15) is 61.2 Å². The smallest absolute Gasteiger partial charge is 0.253 e. The molecule has 2 fully saturated rings. The van der Waals surface area contributed by atoms with Crippen LogP contribution in [0.25, 0.3) is 11.4 Å². The second-order valence-corrected chi connectivity index (χ2v) is 10.8. The zero-order valence-electron chi connectivity index (χ0n) is 20.8. The molecule has 1 aliphatic heterocycles. The third kappa shape index (κ3) is 6.64. The van der Waals surface area contributed by atoms with Crippen molar-refractivity contribution in [2.45, 2.75) is 57.5 Å². The average Bonchev–Trinajstić information content (AvgIpc) is 3.39. The van der Waals surface area contributed by atoms with Crippen LogP contribution >= 0.6 is 15.9 Å². The Morgan fingerprint density at radius 3 is 2.46 bits per heavy atom. The molecule has 8 nitrogen and oxygen atoms in total. The van der Waals surface area contributed by atoms with E-state index in [0.29, 0.717) is 29.5 Å². The van der Waals surface area contributed by atoms with Crippen molar-refractivity contribution in [3.05, 3.63) is 64.5 Å². The first-order valence-electron chi connectivity index (χ1n) is 13.1. The van der Waals surface area contributed by atoms with Crippen LogP contribution in [-0.4, -0.2) is 46.0 Å². The molecule has 1 saturated carbocycles. The number of amides is 2. The molecule has 194 valence electrons. The molecule has 1 saturated heterocycles. The average molecular weight is 567 g/mol. The van der Waals surface area contributed by atoms with Gasteiger partial charge in [-0.2, -0.15) is 4.98 Å². The molecule has 2 N–H and O–H groups in total. The summed E-state index contributed by atoms with van der Waals surface area (Å²) in [6.45, 7) is 2.08. The summed E-state index contributed by atoms with van der Waals surface area (Å²) in [5.41, 5.74) is 2.01. The summed E-state index contributed by atoms with van der Waals surface area (Å²) >= 11 is 3.43. The zero-order chi connectivity index (χ0) is 25.6. The molecule has 2 aromatic carbocycles. The van der Waals surface area contributed by atoms with Crippen molar-refractivity contribution >= 4 is 33.4 Å². The van der Waals surface area contributed by atoms with Gasteiger partial charge in [0, 0.05) is 22.0 Å². The molecule has 2 amide bonds. The van der Waals surface area contributed by atoms with Gasteiger partial charge in [0.15, 0.2) is 0 Å². The van der Waals surface area contributed by atoms with E-state index in [1.54, 1.807) is 12.1 Å². The third-order valence-electron chi connectivity index (χ3n) is 7.26. The molecule has 2 aliphatic rings. The van der Waals surface area contributed by atoms with Gasteiger partial charge in [-0.1, -0.05) is 52.5 Å². The molecule has 5 rings (SSSR count). The lowest BCUT2D eigenvalue weighted by molar-refractivity contribution is -0.121. The molecule has 1 aromatic heterocycles. The fourth-order valence-corrected chi connectivity index (χ4v) is 5.38. The van der Waals surface area contributed by atoms with E-state index >= 15 is 0 Å². The molecule has 0 bridgehead atoms. The van der Waals surface area contributed by atoms with Crippen molar-refractivity contribution in [1.82, 2.24) is 20.4 Å². The number of nitrogens with zero attached hydrogens (tertiary/aromatic N) is 3. The first-order chi connectivity index (χ1) is 18.0. The van der Waals surface area contributed by atoms with Gasteiger partial charge in [0.25, 0.3) is 5.91 Å². The first kappa shape index (κ1) is 25.6. The minimum absolute atomic E-state index is 0.0344. The molecule has 1 aliphatic carbocycles. The van der Waals surface area contributed by atoms with Crippen molar-refractivity contribution in [3.63, 3.8) is 0 Å². The lowest BCUT2D eigenvalue weighted by Gasteiger charge is -2.30. The molecule has 0 spiro atoms. The standard InChI is InChI=1S/C28H32BrN5O3/c29-21-12-10-19(11-13-21)26-32-25(37-33-26)18-34-16-14-20(15-17-34)27(35)31-24-9-5-4-8-23(24)28(36)30-22-6-2-1-3-7-22/h4-5,8-13,20,22H,1-3,6-7,14-18H2,(H,30,36)(H,31,35). The predicted molar refractivity (Wildman–Crippen MR) is 145 cm³/mol. The molecule has 2 heterocycles. The Hall–Kier alpha value is -3.04. The number of anilines is 1. The van der Waals surface area contributed by atoms with Crippen LogP contribution < -0.4 is 10.6 Å². The van der Waals surface area contributed by atoms with Gasteiger partial charge in [-0.3, -0.25) is 14.5 Å². The van der Waals surface area contributed by atoms with Gasteiger partial charge in [0.1, 0.15) is 0 Å². The molecule has 3 aromatic rings. The highest BCUT2D eigenvalue weighted by Gasteiger charge is 2.27. The van der Waals surface area contributed by atoms with Crippen LogP contribution in [0.4, 0.5) is 5.69 Å². The fourth-order valence-electron chi connectivity index (χ4n) is 5.11. The highest BCUT2D eigenvalue weighted by molar-refractivity contribution is 9.10. The summed E-state index contributed by atoms with van der Waals surface area (Å²) in [6, 6.07) is 15.3. The number of rotatable bonds is 7. The number of benzene rings is 2. The zero-order valence-corrected chi connectivity index (χ0v) is 22.4. The van der Waals surface area contributed by atoms with Gasteiger partial charge < -0.3 is 15.2 Å². The Morgan fingerprint density at radius 1 is 0.973 bits per heavy atom. The number of carbonyl (C=O) groups is 2. The highest BCUT2D eigenvalue weighted by atomic mass is 79.9. The van der Waals surface area contributed by atoms with Crippen molar-refractivity contribution in [1.29, 1.82) is 0 Å². The van der Waals surface area contributed by atoms with E-state index in [9.17, 15) is 9.59 Å². The Kier molecular flexibility index (Phi) is 8.31. The minimum atomic E-state index is -0.111. The van der Waals surface area contributed by atoms with E-state index in [-0.39, 0.29) is 23.8 Å². The van der Waals surface area contributed by atoms with E-state index in [1.165, 1.54) is 6.42 Å². The lowest BCUT2D eigenvalue weighted by atomic mass is 9.95. The Morgan fingerprint density at radius 2 is 1.70 bits per heavy atom. The van der Waals surface area contributed by atoms with Crippen molar-refractivity contribution in [2.24, 2.45) is 5.92 Å². The summed E-state index contributed by atoms with van der Waals surface area (Å²) in [4.78, 5) is 32.8. The summed E-state index contributed by atoms with van der Waals surface area (Å²) in [5, 5.41) is 10.3. The Balaban J connectivity index is 1.13. The number of para-hydroxylation sites is 1. The minimum Gasteiger partial charge on any atom is -0.349 e. The highest BCUT2D eigenvalue weighted by Crippen LogP contribution is 2.24.